The van der Waals surface area contributed by atoms with Crippen molar-refractivity contribution in [1.29, 1.82) is 0 Å². The van der Waals surface area contributed by atoms with Gasteiger partial charge in [0.2, 0.25) is 0 Å². The van der Waals surface area contributed by atoms with Gasteiger partial charge in [-0.25, -0.2) is 5.43 Å². The Bertz CT molecular complexity index is 978. The second-order valence-corrected chi connectivity index (χ2v) is 7.79. The third-order valence-electron chi connectivity index (χ3n) is 4.20. The number of nitrogens with zero attached hydrogens (tertiary/aromatic N) is 1. The maximum atomic E-state index is 12.2. The molecule has 2 aromatic carbocycles. The second kappa shape index (κ2) is 11.8. The number of aryl methyl sites for hydroxylation is 1. The van der Waals surface area contributed by atoms with Gasteiger partial charge >= 0.3 is 11.8 Å². The number of nitrogens with one attached hydrogen (secondary N) is 3. The van der Waals surface area contributed by atoms with Crippen molar-refractivity contribution in [3.63, 3.8) is 0 Å². The van der Waals surface area contributed by atoms with Gasteiger partial charge in [-0.1, -0.05) is 35.0 Å². The fraction of sp³-hybridized carbons (Fsp3) is 0.273. The quantitative estimate of drug-likeness (QED) is 0.301. The van der Waals surface area contributed by atoms with Gasteiger partial charge in [0.15, 0.2) is 6.61 Å². The van der Waals surface area contributed by atoms with E-state index in [1.165, 1.54) is 6.21 Å². The summed E-state index contributed by atoms with van der Waals surface area (Å²) in [6.07, 6.45) is 2.05. The normalized spacial score (nSPS) is 11.6. The molecule has 0 aliphatic carbocycles. The Morgan fingerprint density at radius 2 is 1.94 bits per heavy atom. The summed E-state index contributed by atoms with van der Waals surface area (Å²) in [5.41, 5.74) is 4.41. The second-order valence-electron chi connectivity index (χ2n) is 6.87. The summed E-state index contributed by atoms with van der Waals surface area (Å²) in [6.45, 7) is 5.43. The van der Waals surface area contributed by atoms with E-state index in [4.69, 9.17) is 4.74 Å². The maximum absolute atomic E-state index is 12.2. The smallest absolute Gasteiger partial charge is 0.329 e. The molecule has 0 spiro atoms. The minimum absolute atomic E-state index is 0.113. The number of halogens is 1. The third-order valence-corrected chi connectivity index (χ3v) is 4.69. The Morgan fingerprint density at radius 1 is 1.16 bits per heavy atom. The SMILES string of the molecule is CC[C@@H](C)NC(=O)C(=O)N/N=C\c1cc(Br)ccc1OCC(=O)Nc1cccc(C)c1. The summed E-state index contributed by atoms with van der Waals surface area (Å²) >= 11 is 3.36. The van der Waals surface area contributed by atoms with Crippen LogP contribution in [-0.2, 0) is 14.4 Å². The minimum atomic E-state index is -0.869. The molecule has 0 aromatic heterocycles. The van der Waals surface area contributed by atoms with Crippen molar-refractivity contribution in [2.24, 2.45) is 5.10 Å². The Morgan fingerprint density at radius 3 is 2.65 bits per heavy atom. The van der Waals surface area contributed by atoms with Gasteiger partial charge in [-0.2, -0.15) is 5.10 Å². The highest BCUT2D eigenvalue weighted by Gasteiger charge is 2.14. The number of hydrazone groups is 1. The number of hydrogen-bond donors (Lipinski definition) is 3. The number of carbonyl (C=O) groups is 3. The molecule has 0 saturated heterocycles. The molecule has 0 aliphatic rings. The fourth-order valence-electron chi connectivity index (χ4n) is 2.42. The molecular weight excluding hydrogens is 464 g/mol. The monoisotopic (exact) mass is 488 g/mol. The predicted molar refractivity (Wildman–Crippen MR) is 123 cm³/mol. The van der Waals surface area contributed by atoms with E-state index in [1.54, 1.807) is 31.2 Å². The van der Waals surface area contributed by atoms with E-state index in [2.05, 4.69) is 37.1 Å². The van der Waals surface area contributed by atoms with E-state index in [0.717, 1.165) is 10.0 Å². The molecule has 0 aliphatic heterocycles. The first-order valence-corrected chi connectivity index (χ1v) is 10.5. The fourth-order valence-corrected chi connectivity index (χ4v) is 2.80. The first-order valence-electron chi connectivity index (χ1n) is 9.71. The molecule has 3 N–H and O–H groups in total. The van der Waals surface area contributed by atoms with Gasteiger partial charge in [0.25, 0.3) is 5.91 Å². The first kappa shape index (κ1) is 24.1. The van der Waals surface area contributed by atoms with E-state index in [0.29, 0.717) is 23.4 Å². The number of benzene rings is 2. The maximum Gasteiger partial charge on any atom is 0.329 e. The molecule has 0 unspecified atom stereocenters. The van der Waals surface area contributed by atoms with Crippen molar-refractivity contribution in [2.75, 3.05) is 11.9 Å². The molecule has 0 bridgehead atoms. The molecule has 2 aromatic rings. The minimum Gasteiger partial charge on any atom is -0.483 e. The highest BCUT2D eigenvalue weighted by Crippen LogP contribution is 2.22. The predicted octanol–water partition coefficient (Wildman–Crippen LogP) is 3.14. The standard InChI is InChI=1S/C22H25BrN4O4/c1-4-15(3)25-21(29)22(30)27-24-12-16-11-17(23)8-9-19(16)31-13-20(28)26-18-7-5-6-14(2)10-18/h5-12,15H,4,13H2,1-3H3,(H,25,29)(H,26,28)(H,27,30)/b24-12-/t15-/m1/s1. The highest BCUT2D eigenvalue weighted by atomic mass is 79.9. The highest BCUT2D eigenvalue weighted by molar-refractivity contribution is 9.10. The summed E-state index contributed by atoms with van der Waals surface area (Å²) in [5, 5.41) is 9.13. The van der Waals surface area contributed by atoms with Crippen molar-refractivity contribution in [2.45, 2.75) is 33.2 Å². The van der Waals surface area contributed by atoms with Crippen LogP contribution in [0, 0.1) is 6.92 Å². The van der Waals surface area contributed by atoms with Crippen LogP contribution in [0.15, 0.2) is 52.0 Å². The van der Waals surface area contributed by atoms with Crippen LogP contribution < -0.4 is 20.8 Å². The van der Waals surface area contributed by atoms with Gasteiger partial charge < -0.3 is 15.4 Å². The van der Waals surface area contributed by atoms with Gasteiger partial charge in [0, 0.05) is 21.8 Å². The molecule has 0 fully saturated rings. The average molecular weight is 489 g/mol. The molecule has 0 saturated carbocycles. The zero-order valence-corrected chi connectivity index (χ0v) is 19.2. The van der Waals surface area contributed by atoms with Crippen LogP contribution >= 0.6 is 15.9 Å². The third kappa shape index (κ3) is 8.21. The van der Waals surface area contributed by atoms with E-state index in [9.17, 15) is 14.4 Å². The molecule has 9 heteroatoms. The molecule has 164 valence electrons. The molecule has 31 heavy (non-hydrogen) atoms. The van der Waals surface area contributed by atoms with E-state index < -0.39 is 11.8 Å². The molecule has 0 radical (unpaired) electrons. The van der Waals surface area contributed by atoms with E-state index in [-0.39, 0.29) is 18.6 Å². The van der Waals surface area contributed by atoms with Crippen LogP contribution in [0.1, 0.15) is 31.4 Å². The molecule has 0 heterocycles. The van der Waals surface area contributed by atoms with Crippen LogP contribution in [0.4, 0.5) is 5.69 Å². The summed E-state index contributed by atoms with van der Waals surface area (Å²) in [6, 6.07) is 12.5. The number of hydrogen-bond acceptors (Lipinski definition) is 5. The van der Waals surface area contributed by atoms with Crippen LogP contribution in [0.25, 0.3) is 0 Å². The molecule has 8 nitrogen and oxygen atoms in total. The number of amides is 3. The summed E-state index contributed by atoms with van der Waals surface area (Å²) in [7, 11) is 0. The Kier molecular flexibility index (Phi) is 9.20. The van der Waals surface area contributed by atoms with Crippen molar-refractivity contribution >= 4 is 45.6 Å². The molecule has 3 amide bonds. The van der Waals surface area contributed by atoms with Gasteiger partial charge in [-0.05, 0) is 56.2 Å². The molecule has 2 rings (SSSR count). The largest absolute Gasteiger partial charge is 0.483 e. The Labute approximate surface area is 189 Å². The first-order chi connectivity index (χ1) is 14.8. The summed E-state index contributed by atoms with van der Waals surface area (Å²) < 4.78 is 6.37. The Balaban J connectivity index is 1.96. The lowest BCUT2D eigenvalue weighted by molar-refractivity contribution is -0.139. The van der Waals surface area contributed by atoms with Crippen molar-refractivity contribution in [3.8, 4) is 5.75 Å². The zero-order valence-electron chi connectivity index (χ0n) is 17.6. The van der Waals surface area contributed by atoms with E-state index in [1.807, 2.05) is 32.0 Å². The average Bonchev–Trinajstić information content (AvgIpc) is 2.72. The molecule has 1 atom stereocenters. The van der Waals surface area contributed by atoms with Gasteiger partial charge in [0.1, 0.15) is 5.75 Å². The number of rotatable bonds is 8. The van der Waals surface area contributed by atoms with Gasteiger partial charge in [0.05, 0.1) is 6.21 Å². The zero-order chi connectivity index (χ0) is 22.8. The topological polar surface area (TPSA) is 109 Å². The van der Waals surface area contributed by atoms with Crippen molar-refractivity contribution in [1.82, 2.24) is 10.7 Å². The van der Waals surface area contributed by atoms with Crippen molar-refractivity contribution < 1.29 is 19.1 Å². The van der Waals surface area contributed by atoms with Gasteiger partial charge in [-0.15, -0.1) is 0 Å². The van der Waals surface area contributed by atoms with Crippen LogP contribution in [0.3, 0.4) is 0 Å². The van der Waals surface area contributed by atoms with Crippen LogP contribution in [0.5, 0.6) is 5.75 Å². The van der Waals surface area contributed by atoms with Crippen molar-refractivity contribution in [3.05, 3.63) is 58.1 Å². The van der Waals surface area contributed by atoms with Crippen LogP contribution in [0.2, 0.25) is 0 Å². The number of ether oxygens (including phenoxy) is 1. The lowest BCUT2D eigenvalue weighted by Gasteiger charge is -2.11. The van der Waals surface area contributed by atoms with Crippen LogP contribution in [-0.4, -0.2) is 36.6 Å². The molecular formula is C22H25BrN4O4. The Hall–Kier alpha value is -3.20. The number of anilines is 1. The van der Waals surface area contributed by atoms with Gasteiger partial charge in [-0.3, -0.25) is 14.4 Å². The number of carbonyl (C=O) groups excluding carboxylic acids is 3. The lowest BCUT2D eigenvalue weighted by Crippen LogP contribution is -2.41. The summed E-state index contributed by atoms with van der Waals surface area (Å²) in [5.74, 6) is -1.55. The summed E-state index contributed by atoms with van der Waals surface area (Å²) in [4.78, 5) is 35.8. The van der Waals surface area contributed by atoms with E-state index >= 15 is 0 Å². The lowest BCUT2D eigenvalue weighted by atomic mass is 10.2.